The second-order valence-corrected chi connectivity index (χ2v) is 4.20. The molecule has 0 N–H and O–H groups in total. The molecule has 0 aromatic heterocycles. The summed E-state index contributed by atoms with van der Waals surface area (Å²) in [6.45, 7) is 10.6. The van der Waals surface area contributed by atoms with Crippen molar-refractivity contribution in [2.45, 2.75) is 47.5 Å². The molecule has 72 valence electrons. The van der Waals surface area contributed by atoms with Crippen molar-refractivity contribution >= 4 is 5.78 Å². The van der Waals surface area contributed by atoms with Crippen LogP contribution in [0, 0.1) is 17.8 Å². The molecule has 12 heavy (non-hydrogen) atoms. The maximum atomic E-state index is 11.5. The van der Waals surface area contributed by atoms with Crippen LogP contribution in [-0.4, -0.2) is 5.78 Å². The van der Waals surface area contributed by atoms with Crippen LogP contribution >= 0.6 is 0 Å². The lowest BCUT2D eigenvalue weighted by atomic mass is 9.88. The van der Waals surface area contributed by atoms with E-state index in [0.717, 1.165) is 12.8 Å². The maximum absolute atomic E-state index is 11.5. The summed E-state index contributed by atoms with van der Waals surface area (Å²) in [7, 11) is 0. The van der Waals surface area contributed by atoms with Gasteiger partial charge in [0.2, 0.25) is 0 Å². The Balaban J connectivity index is 3.84. The third kappa shape index (κ3) is 3.89. The number of hydrogen-bond acceptors (Lipinski definition) is 1. The molecule has 0 heterocycles. The van der Waals surface area contributed by atoms with Crippen LogP contribution in [0.5, 0.6) is 0 Å². The predicted octanol–water partition coefficient (Wildman–Crippen LogP) is 3.28. The van der Waals surface area contributed by atoms with Crippen LogP contribution in [0.25, 0.3) is 0 Å². The van der Waals surface area contributed by atoms with Crippen molar-refractivity contribution in [3.63, 3.8) is 0 Å². The highest BCUT2D eigenvalue weighted by Crippen LogP contribution is 2.17. The highest BCUT2D eigenvalue weighted by atomic mass is 16.1. The van der Waals surface area contributed by atoms with Gasteiger partial charge in [-0.05, 0) is 18.3 Å². The van der Waals surface area contributed by atoms with Crippen LogP contribution in [0.4, 0.5) is 0 Å². The minimum atomic E-state index is 0.256. The van der Waals surface area contributed by atoms with E-state index in [9.17, 15) is 4.79 Å². The molecule has 0 rings (SSSR count). The summed E-state index contributed by atoms with van der Waals surface area (Å²) in [4.78, 5) is 11.5. The van der Waals surface area contributed by atoms with E-state index < -0.39 is 0 Å². The summed E-state index contributed by atoms with van der Waals surface area (Å²) in [5.41, 5.74) is 0. The average Bonchev–Trinajstić information content (AvgIpc) is 2.02. The quantitative estimate of drug-likeness (QED) is 0.619. The number of carbonyl (C=O) groups excluding carboxylic acids is 1. The standard InChI is InChI=1S/C11H22O/c1-6-9(4)11(12)7-10(5)8(2)3/h8-10H,6-7H2,1-5H3. The molecule has 1 nitrogen and oxygen atoms in total. The summed E-state index contributed by atoms with van der Waals surface area (Å²) in [5, 5.41) is 0. The smallest absolute Gasteiger partial charge is 0.135 e. The first-order valence-electron chi connectivity index (χ1n) is 5.01. The lowest BCUT2D eigenvalue weighted by Crippen LogP contribution is -2.16. The maximum Gasteiger partial charge on any atom is 0.135 e. The molecular formula is C11H22O. The molecule has 0 aromatic carbocycles. The summed E-state index contributed by atoms with van der Waals surface area (Å²) in [6.07, 6.45) is 1.73. The molecule has 0 aliphatic carbocycles. The lowest BCUT2D eigenvalue weighted by Gasteiger charge is -2.16. The predicted molar refractivity (Wildman–Crippen MR) is 53.1 cm³/mol. The van der Waals surface area contributed by atoms with E-state index in [1.807, 2.05) is 6.92 Å². The second-order valence-electron chi connectivity index (χ2n) is 4.20. The van der Waals surface area contributed by atoms with Gasteiger partial charge in [-0.2, -0.15) is 0 Å². The van der Waals surface area contributed by atoms with E-state index in [4.69, 9.17) is 0 Å². The number of Topliss-reactive ketones (excluding diaryl/α,β-unsaturated/α-hetero) is 1. The SMILES string of the molecule is CCC(C)C(=O)CC(C)C(C)C. The molecular weight excluding hydrogens is 148 g/mol. The summed E-state index contributed by atoms with van der Waals surface area (Å²) in [5.74, 6) is 1.84. The molecule has 2 unspecified atom stereocenters. The number of ketones is 1. The summed E-state index contributed by atoms with van der Waals surface area (Å²) in [6, 6.07) is 0. The zero-order valence-electron chi connectivity index (χ0n) is 9.05. The van der Waals surface area contributed by atoms with Crippen molar-refractivity contribution in [1.82, 2.24) is 0 Å². The van der Waals surface area contributed by atoms with Crippen molar-refractivity contribution in [3.8, 4) is 0 Å². The molecule has 0 saturated heterocycles. The minimum Gasteiger partial charge on any atom is -0.299 e. The zero-order chi connectivity index (χ0) is 9.72. The summed E-state index contributed by atoms with van der Waals surface area (Å²) < 4.78 is 0. The Morgan fingerprint density at radius 3 is 2.00 bits per heavy atom. The van der Waals surface area contributed by atoms with Crippen LogP contribution in [0.2, 0.25) is 0 Å². The fraction of sp³-hybridized carbons (Fsp3) is 0.909. The monoisotopic (exact) mass is 170 g/mol. The Hall–Kier alpha value is -0.330. The molecule has 0 amide bonds. The van der Waals surface area contributed by atoms with Gasteiger partial charge in [0, 0.05) is 12.3 Å². The third-order valence-electron chi connectivity index (χ3n) is 2.82. The molecule has 2 atom stereocenters. The van der Waals surface area contributed by atoms with E-state index in [-0.39, 0.29) is 5.92 Å². The third-order valence-corrected chi connectivity index (χ3v) is 2.82. The van der Waals surface area contributed by atoms with E-state index in [0.29, 0.717) is 17.6 Å². The molecule has 0 fully saturated rings. The number of carbonyl (C=O) groups is 1. The Morgan fingerprint density at radius 1 is 1.17 bits per heavy atom. The first kappa shape index (κ1) is 11.7. The first-order valence-corrected chi connectivity index (χ1v) is 5.01. The van der Waals surface area contributed by atoms with Crippen molar-refractivity contribution < 1.29 is 4.79 Å². The topological polar surface area (TPSA) is 17.1 Å². The van der Waals surface area contributed by atoms with Crippen LogP contribution in [-0.2, 0) is 4.79 Å². The van der Waals surface area contributed by atoms with E-state index in [1.165, 1.54) is 0 Å². The highest BCUT2D eigenvalue weighted by Gasteiger charge is 2.16. The second kappa shape index (κ2) is 5.34. The van der Waals surface area contributed by atoms with Gasteiger partial charge in [-0.25, -0.2) is 0 Å². The zero-order valence-corrected chi connectivity index (χ0v) is 9.05. The van der Waals surface area contributed by atoms with Gasteiger partial charge in [0.25, 0.3) is 0 Å². The lowest BCUT2D eigenvalue weighted by molar-refractivity contribution is -0.123. The normalized spacial score (nSPS) is 16.2. The molecule has 0 aliphatic rings. The summed E-state index contributed by atoms with van der Waals surface area (Å²) >= 11 is 0. The number of hydrogen-bond donors (Lipinski definition) is 0. The van der Waals surface area contributed by atoms with Crippen molar-refractivity contribution in [3.05, 3.63) is 0 Å². The van der Waals surface area contributed by atoms with Gasteiger partial charge < -0.3 is 0 Å². The van der Waals surface area contributed by atoms with Crippen LogP contribution in [0.1, 0.15) is 47.5 Å². The van der Waals surface area contributed by atoms with Crippen LogP contribution in [0.3, 0.4) is 0 Å². The van der Waals surface area contributed by atoms with Gasteiger partial charge in [-0.3, -0.25) is 4.79 Å². The molecule has 0 aromatic rings. The van der Waals surface area contributed by atoms with Gasteiger partial charge in [-0.15, -0.1) is 0 Å². The van der Waals surface area contributed by atoms with Crippen molar-refractivity contribution in [1.29, 1.82) is 0 Å². The molecule has 0 spiro atoms. The fourth-order valence-corrected chi connectivity index (χ4v) is 0.982. The fourth-order valence-electron chi connectivity index (χ4n) is 0.982. The Labute approximate surface area is 76.6 Å². The van der Waals surface area contributed by atoms with E-state index >= 15 is 0 Å². The van der Waals surface area contributed by atoms with Crippen molar-refractivity contribution in [2.75, 3.05) is 0 Å². The molecule has 0 aliphatic heterocycles. The van der Waals surface area contributed by atoms with Gasteiger partial charge in [-0.1, -0.05) is 34.6 Å². The van der Waals surface area contributed by atoms with Crippen molar-refractivity contribution in [2.24, 2.45) is 17.8 Å². The number of rotatable bonds is 5. The Bertz CT molecular complexity index is 138. The molecule has 0 radical (unpaired) electrons. The van der Waals surface area contributed by atoms with E-state index in [2.05, 4.69) is 27.7 Å². The van der Waals surface area contributed by atoms with Crippen LogP contribution in [0.15, 0.2) is 0 Å². The molecule has 1 heteroatoms. The van der Waals surface area contributed by atoms with Gasteiger partial charge in [0.05, 0.1) is 0 Å². The van der Waals surface area contributed by atoms with E-state index in [1.54, 1.807) is 0 Å². The van der Waals surface area contributed by atoms with Gasteiger partial charge in [0.1, 0.15) is 5.78 Å². The largest absolute Gasteiger partial charge is 0.299 e. The molecule has 0 bridgehead atoms. The van der Waals surface area contributed by atoms with Crippen LogP contribution < -0.4 is 0 Å². The highest BCUT2D eigenvalue weighted by molar-refractivity contribution is 5.80. The average molecular weight is 170 g/mol. The Morgan fingerprint density at radius 2 is 1.67 bits per heavy atom. The first-order chi connectivity index (χ1) is 5.49. The minimum absolute atomic E-state index is 0.256. The Kier molecular flexibility index (Phi) is 5.19. The molecule has 0 saturated carbocycles. The van der Waals surface area contributed by atoms with Gasteiger partial charge >= 0.3 is 0 Å². The van der Waals surface area contributed by atoms with Gasteiger partial charge in [0.15, 0.2) is 0 Å².